The number of rotatable bonds is 4. The second kappa shape index (κ2) is 5.47. The predicted molar refractivity (Wildman–Crippen MR) is 78.3 cm³/mol. The first-order valence-electron chi connectivity index (χ1n) is 7.63. The molecule has 0 aromatic carbocycles. The summed E-state index contributed by atoms with van der Waals surface area (Å²) in [7, 11) is 0. The molecule has 2 heterocycles. The Kier molecular flexibility index (Phi) is 3.66. The van der Waals surface area contributed by atoms with Gasteiger partial charge in [0.05, 0.1) is 12.2 Å². The predicted octanol–water partition coefficient (Wildman–Crippen LogP) is 1.41. The Morgan fingerprint density at radius 2 is 2.14 bits per heavy atom. The van der Waals surface area contributed by atoms with Crippen molar-refractivity contribution in [3.05, 3.63) is 29.6 Å². The normalized spacial score (nSPS) is 25.9. The van der Waals surface area contributed by atoms with Crippen molar-refractivity contribution in [2.24, 2.45) is 5.92 Å². The highest BCUT2D eigenvalue weighted by Crippen LogP contribution is 2.35. The molecule has 1 aliphatic heterocycles. The second-order valence-electron chi connectivity index (χ2n) is 5.98. The number of aryl methyl sites for hydroxylation is 1. The number of aromatic nitrogens is 1. The van der Waals surface area contributed by atoms with Gasteiger partial charge < -0.3 is 10.2 Å². The molecule has 2 aliphatic rings. The Morgan fingerprint density at radius 3 is 2.76 bits per heavy atom. The average molecular weight is 287 g/mol. The number of hydrogen-bond acceptors (Lipinski definition) is 3. The monoisotopic (exact) mass is 287 g/mol. The molecule has 1 aliphatic carbocycles. The maximum absolute atomic E-state index is 12.7. The van der Waals surface area contributed by atoms with Crippen molar-refractivity contribution in [1.29, 1.82) is 0 Å². The summed E-state index contributed by atoms with van der Waals surface area (Å²) in [4.78, 5) is 31.1. The lowest BCUT2D eigenvalue weighted by molar-refractivity contribution is -0.150. The van der Waals surface area contributed by atoms with E-state index in [1.54, 1.807) is 11.1 Å². The SMILES string of the molecule is CCC1C(=O)NC(C2CC2)C(=O)N1Cc1ncccc1C. The zero-order valence-electron chi connectivity index (χ0n) is 12.5. The van der Waals surface area contributed by atoms with Crippen LogP contribution in [0.1, 0.15) is 37.4 Å². The average Bonchev–Trinajstić information content (AvgIpc) is 3.29. The van der Waals surface area contributed by atoms with Gasteiger partial charge in [-0.25, -0.2) is 0 Å². The molecule has 1 aromatic rings. The minimum atomic E-state index is -0.381. The number of amides is 2. The van der Waals surface area contributed by atoms with Crippen LogP contribution in [0.3, 0.4) is 0 Å². The summed E-state index contributed by atoms with van der Waals surface area (Å²) in [5.41, 5.74) is 1.92. The van der Waals surface area contributed by atoms with Crippen molar-refractivity contribution in [3.63, 3.8) is 0 Å². The lowest BCUT2D eigenvalue weighted by Gasteiger charge is -2.38. The van der Waals surface area contributed by atoms with E-state index in [1.807, 2.05) is 26.0 Å². The number of carbonyl (C=O) groups is 2. The number of nitrogens with one attached hydrogen (secondary N) is 1. The second-order valence-corrected chi connectivity index (χ2v) is 5.98. The fourth-order valence-corrected chi connectivity index (χ4v) is 2.97. The first-order chi connectivity index (χ1) is 10.1. The Bertz CT molecular complexity index is 568. The van der Waals surface area contributed by atoms with E-state index in [9.17, 15) is 9.59 Å². The van der Waals surface area contributed by atoms with Gasteiger partial charge in [-0.3, -0.25) is 14.6 Å². The largest absolute Gasteiger partial charge is 0.342 e. The molecule has 0 radical (unpaired) electrons. The number of nitrogens with zero attached hydrogens (tertiary/aromatic N) is 2. The summed E-state index contributed by atoms with van der Waals surface area (Å²) in [5, 5.41) is 2.91. The van der Waals surface area contributed by atoms with Gasteiger partial charge in [-0.15, -0.1) is 0 Å². The van der Waals surface area contributed by atoms with Crippen molar-refractivity contribution in [2.45, 2.75) is 51.7 Å². The molecule has 0 spiro atoms. The van der Waals surface area contributed by atoms with Crippen molar-refractivity contribution in [3.8, 4) is 0 Å². The molecule has 2 amide bonds. The molecule has 21 heavy (non-hydrogen) atoms. The van der Waals surface area contributed by atoms with E-state index in [0.29, 0.717) is 18.9 Å². The van der Waals surface area contributed by atoms with Gasteiger partial charge in [-0.1, -0.05) is 13.0 Å². The lowest BCUT2D eigenvalue weighted by Crippen LogP contribution is -2.63. The summed E-state index contributed by atoms with van der Waals surface area (Å²) in [6.45, 7) is 4.34. The zero-order chi connectivity index (χ0) is 15.0. The van der Waals surface area contributed by atoms with Crippen LogP contribution >= 0.6 is 0 Å². The summed E-state index contributed by atoms with van der Waals surface area (Å²) in [5.74, 6) is 0.350. The van der Waals surface area contributed by atoms with Gasteiger partial charge >= 0.3 is 0 Å². The minimum Gasteiger partial charge on any atom is -0.342 e. The van der Waals surface area contributed by atoms with E-state index >= 15 is 0 Å². The van der Waals surface area contributed by atoms with E-state index in [1.165, 1.54) is 0 Å². The first kappa shape index (κ1) is 14.0. The van der Waals surface area contributed by atoms with E-state index in [4.69, 9.17) is 0 Å². The van der Waals surface area contributed by atoms with Crippen LogP contribution < -0.4 is 5.32 Å². The summed E-state index contributed by atoms with van der Waals surface area (Å²) in [6, 6.07) is 3.16. The van der Waals surface area contributed by atoms with E-state index in [0.717, 1.165) is 24.1 Å². The highest BCUT2D eigenvalue weighted by atomic mass is 16.2. The molecule has 2 atom stereocenters. The van der Waals surface area contributed by atoms with E-state index in [-0.39, 0.29) is 23.9 Å². The number of carbonyl (C=O) groups excluding carboxylic acids is 2. The Balaban J connectivity index is 1.86. The molecule has 1 saturated carbocycles. The molecular formula is C16H21N3O2. The van der Waals surface area contributed by atoms with Crippen molar-refractivity contribution in [1.82, 2.24) is 15.2 Å². The Labute approximate surface area is 124 Å². The molecule has 112 valence electrons. The van der Waals surface area contributed by atoms with Crippen LogP contribution in [0.5, 0.6) is 0 Å². The van der Waals surface area contributed by atoms with Crippen molar-refractivity contribution in [2.75, 3.05) is 0 Å². The van der Waals surface area contributed by atoms with Crippen LogP contribution in [-0.2, 0) is 16.1 Å². The van der Waals surface area contributed by atoms with E-state index in [2.05, 4.69) is 10.3 Å². The zero-order valence-corrected chi connectivity index (χ0v) is 12.5. The third kappa shape index (κ3) is 2.64. The number of pyridine rings is 1. The fourth-order valence-electron chi connectivity index (χ4n) is 2.97. The first-order valence-corrected chi connectivity index (χ1v) is 7.63. The summed E-state index contributed by atoms with van der Waals surface area (Å²) in [6.07, 6.45) is 4.42. The maximum atomic E-state index is 12.7. The minimum absolute atomic E-state index is 0.0254. The van der Waals surface area contributed by atoms with Gasteiger partial charge in [0, 0.05) is 6.20 Å². The van der Waals surface area contributed by atoms with Gasteiger partial charge in [0.2, 0.25) is 11.8 Å². The Hall–Kier alpha value is -1.91. The van der Waals surface area contributed by atoms with Gasteiger partial charge in [0.1, 0.15) is 12.1 Å². The Morgan fingerprint density at radius 1 is 1.38 bits per heavy atom. The van der Waals surface area contributed by atoms with Gasteiger partial charge in [0.15, 0.2) is 0 Å². The third-order valence-corrected chi connectivity index (χ3v) is 4.44. The van der Waals surface area contributed by atoms with Crippen LogP contribution in [0.2, 0.25) is 0 Å². The highest BCUT2D eigenvalue weighted by Gasteiger charge is 2.46. The summed E-state index contributed by atoms with van der Waals surface area (Å²) >= 11 is 0. The highest BCUT2D eigenvalue weighted by molar-refractivity contribution is 5.97. The van der Waals surface area contributed by atoms with E-state index < -0.39 is 0 Å². The van der Waals surface area contributed by atoms with Gasteiger partial charge in [-0.05, 0) is 43.7 Å². The smallest absolute Gasteiger partial charge is 0.246 e. The maximum Gasteiger partial charge on any atom is 0.246 e. The van der Waals surface area contributed by atoms with Crippen LogP contribution in [0.25, 0.3) is 0 Å². The molecule has 0 bridgehead atoms. The van der Waals surface area contributed by atoms with Gasteiger partial charge in [-0.2, -0.15) is 0 Å². The van der Waals surface area contributed by atoms with Crippen LogP contribution in [-0.4, -0.2) is 33.8 Å². The molecule has 2 fully saturated rings. The molecule has 1 saturated heterocycles. The van der Waals surface area contributed by atoms with Crippen LogP contribution in [0.4, 0.5) is 0 Å². The van der Waals surface area contributed by atoms with Crippen molar-refractivity contribution >= 4 is 11.8 Å². The fraction of sp³-hybridized carbons (Fsp3) is 0.562. The molecule has 5 heteroatoms. The summed E-state index contributed by atoms with van der Waals surface area (Å²) < 4.78 is 0. The van der Waals surface area contributed by atoms with Gasteiger partial charge in [0.25, 0.3) is 0 Å². The topological polar surface area (TPSA) is 62.3 Å². The lowest BCUT2D eigenvalue weighted by atomic mass is 10.0. The van der Waals surface area contributed by atoms with Crippen molar-refractivity contribution < 1.29 is 9.59 Å². The molecule has 3 rings (SSSR count). The number of piperazine rings is 1. The standard InChI is InChI=1S/C16H21N3O2/c1-3-13-15(20)18-14(11-6-7-11)16(21)19(13)9-12-10(2)5-4-8-17-12/h4-5,8,11,13-14H,3,6-7,9H2,1-2H3,(H,18,20). The van der Waals surface area contributed by atoms with Crippen LogP contribution in [0, 0.1) is 12.8 Å². The molecule has 1 N–H and O–H groups in total. The van der Waals surface area contributed by atoms with Crippen LogP contribution in [0.15, 0.2) is 18.3 Å². The molecule has 1 aromatic heterocycles. The quantitative estimate of drug-likeness (QED) is 0.910. The third-order valence-electron chi connectivity index (χ3n) is 4.44. The number of hydrogen-bond donors (Lipinski definition) is 1. The molecular weight excluding hydrogens is 266 g/mol. The molecule has 2 unspecified atom stereocenters. The molecule has 5 nitrogen and oxygen atoms in total.